The molecule has 0 saturated heterocycles. The highest BCUT2D eigenvalue weighted by Crippen LogP contribution is 2.52. The van der Waals surface area contributed by atoms with Gasteiger partial charge in [0.2, 0.25) is 0 Å². The number of benzene rings is 1. The summed E-state index contributed by atoms with van der Waals surface area (Å²) >= 11 is 3.35. The quantitative estimate of drug-likeness (QED) is 0.887. The Bertz CT molecular complexity index is 386. The Labute approximate surface area is 96.8 Å². The maximum atomic E-state index is 9.81. The first-order chi connectivity index (χ1) is 7.14. The lowest BCUT2D eigenvalue weighted by Gasteiger charge is -2.16. The largest absolute Gasteiger partial charge is 0.503 e. The molecule has 0 unspecified atom stereocenters. The Kier molecular flexibility index (Phi) is 2.64. The molecule has 2 rings (SSSR count). The van der Waals surface area contributed by atoms with Crippen LogP contribution in [0.3, 0.4) is 0 Å². The number of phenolic OH excluding ortho intramolecular Hbond substituents is 1. The van der Waals surface area contributed by atoms with E-state index < -0.39 is 0 Å². The molecule has 0 aromatic heterocycles. The summed E-state index contributed by atoms with van der Waals surface area (Å²) in [5.41, 5.74) is 0.811. The standard InChI is InChI=1S/C11H13BrO3/c1-15-8-3-2-7(9(12)10(8)14)11(6-13)4-5-11/h2-3,13-14H,4-6H2,1H3. The molecule has 2 N–H and O–H groups in total. The monoisotopic (exact) mass is 272 g/mol. The molecule has 1 aromatic rings. The van der Waals surface area contributed by atoms with E-state index in [9.17, 15) is 10.2 Å². The summed E-state index contributed by atoms with van der Waals surface area (Å²) in [7, 11) is 1.51. The molecule has 0 bridgehead atoms. The van der Waals surface area contributed by atoms with Crippen LogP contribution in [0.15, 0.2) is 16.6 Å². The highest BCUT2D eigenvalue weighted by Gasteiger charge is 2.45. The number of aromatic hydroxyl groups is 1. The van der Waals surface area contributed by atoms with E-state index in [-0.39, 0.29) is 17.8 Å². The number of hydrogen-bond donors (Lipinski definition) is 2. The first kappa shape index (κ1) is 10.8. The van der Waals surface area contributed by atoms with Gasteiger partial charge in [0.1, 0.15) is 0 Å². The molecule has 4 heteroatoms. The van der Waals surface area contributed by atoms with Crippen molar-refractivity contribution in [3.63, 3.8) is 0 Å². The van der Waals surface area contributed by atoms with Crippen LogP contribution in [0.25, 0.3) is 0 Å². The second kappa shape index (κ2) is 3.68. The molecular formula is C11H13BrO3. The van der Waals surface area contributed by atoms with Crippen LogP contribution >= 0.6 is 15.9 Å². The van der Waals surface area contributed by atoms with E-state index in [1.54, 1.807) is 6.07 Å². The second-order valence-electron chi connectivity index (χ2n) is 3.92. The Morgan fingerprint density at radius 3 is 2.60 bits per heavy atom. The number of ether oxygens (including phenoxy) is 1. The zero-order valence-corrected chi connectivity index (χ0v) is 10.0. The molecule has 1 aromatic carbocycles. The third-order valence-corrected chi connectivity index (χ3v) is 3.83. The molecule has 0 aliphatic heterocycles. The molecule has 15 heavy (non-hydrogen) atoms. The summed E-state index contributed by atoms with van der Waals surface area (Å²) < 4.78 is 5.64. The van der Waals surface area contributed by atoms with E-state index >= 15 is 0 Å². The van der Waals surface area contributed by atoms with Crippen molar-refractivity contribution < 1.29 is 14.9 Å². The fraction of sp³-hybridized carbons (Fsp3) is 0.455. The van der Waals surface area contributed by atoms with Crippen LogP contribution in [-0.2, 0) is 5.41 Å². The van der Waals surface area contributed by atoms with Gasteiger partial charge in [-0.25, -0.2) is 0 Å². The fourth-order valence-corrected chi connectivity index (χ4v) is 2.53. The van der Waals surface area contributed by atoms with Gasteiger partial charge in [0.25, 0.3) is 0 Å². The Hall–Kier alpha value is -0.740. The fourth-order valence-electron chi connectivity index (χ4n) is 1.78. The second-order valence-corrected chi connectivity index (χ2v) is 4.71. The summed E-state index contributed by atoms with van der Waals surface area (Å²) in [5, 5.41) is 19.1. The molecule has 1 saturated carbocycles. The van der Waals surface area contributed by atoms with Gasteiger partial charge in [-0.3, -0.25) is 0 Å². The molecule has 0 radical (unpaired) electrons. The first-order valence-electron chi connectivity index (χ1n) is 4.81. The zero-order chi connectivity index (χ0) is 11.1. The van der Waals surface area contributed by atoms with Crippen molar-refractivity contribution in [2.24, 2.45) is 0 Å². The lowest BCUT2D eigenvalue weighted by Crippen LogP contribution is -2.12. The predicted octanol–water partition coefficient (Wildman–Crippen LogP) is 2.19. The van der Waals surface area contributed by atoms with E-state index in [2.05, 4.69) is 15.9 Å². The van der Waals surface area contributed by atoms with Crippen molar-refractivity contribution in [1.29, 1.82) is 0 Å². The molecule has 3 nitrogen and oxygen atoms in total. The first-order valence-corrected chi connectivity index (χ1v) is 5.61. The average Bonchev–Trinajstić information content (AvgIpc) is 3.03. The van der Waals surface area contributed by atoms with Crippen molar-refractivity contribution >= 4 is 15.9 Å². The van der Waals surface area contributed by atoms with Crippen molar-refractivity contribution in [3.8, 4) is 11.5 Å². The van der Waals surface area contributed by atoms with Crippen LogP contribution in [0.5, 0.6) is 11.5 Å². The minimum atomic E-state index is -0.150. The summed E-state index contributed by atoms with van der Waals surface area (Å²) in [6.07, 6.45) is 1.93. The molecule has 1 aliphatic rings. The number of phenols is 1. The van der Waals surface area contributed by atoms with E-state index in [0.717, 1.165) is 18.4 Å². The number of aliphatic hydroxyl groups is 1. The maximum absolute atomic E-state index is 9.81. The van der Waals surface area contributed by atoms with Crippen LogP contribution in [0, 0.1) is 0 Å². The van der Waals surface area contributed by atoms with Gasteiger partial charge in [-0.15, -0.1) is 0 Å². The minimum Gasteiger partial charge on any atom is -0.503 e. The van der Waals surface area contributed by atoms with Crippen LogP contribution in [0.1, 0.15) is 18.4 Å². The van der Waals surface area contributed by atoms with Gasteiger partial charge in [-0.1, -0.05) is 6.07 Å². The van der Waals surface area contributed by atoms with Crippen LogP contribution < -0.4 is 4.74 Å². The summed E-state index contributed by atoms with van der Waals surface area (Å²) in [5.74, 6) is 0.550. The minimum absolute atomic E-state index is 0.106. The zero-order valence-electron chi connectivity index (χ0n) is 8.46. The van der Waals surface area contributed by atoms with E-state index in [1.807, 2.05) is 6.07 Å². The number of hydrogen-bond acceptors (Lipinski definition) is 3. The summed E-state index contributed by atoms with van der Waals surface area (Å²) in [6, 6.07) is 3.62. The van der Waals surface area contributed by atoms with Crippen LogP contribution in [0.4, 0.5) is 0 Å². The third-order valence-electron chi connectivity index (χ3n) is 3.03. The average molecular weight is 273 g/mol. The number of halogens is 1. The van der Waals surface area contributed by atoms with Crippen molar-refractivity contribution in [3.05, 3.63) is 22.2 Å². The Balaban J connectivity index is 2.47. The number of rotatable bonds is 3. The molecule has 82 valence electrons. The van der Waals surface area contributed by atoms with E-state index in [4.69, 9.17) is 4.74 Å². The van der Waals surface area contributed by atoms with Gasteiger partial charge in [0, 0.05) is 5.41 Å². The Morgan fingerprint density at radius 1 is 1.47 bits per heavy atom. The van der Waals surface area contributed by atoms with Gasteiger partial charge in [-0.05, 0) is 40.4 Å². The van der Waals surface area contributed by atoms with Gasteiger partial charge in [0.05, 0.1) is 18.2 Å². The molecule has 0 spiro atoms. The summed E-state index contributed by atoms with van der Waals surface area (Å²) in [6.45, 7) is 0.122. The van der Waals surface area contributed by atoms with E-state index in [0.29, 0.717) is 10.2 Å². The number of methoxy groups -OCH3 is 1. The molecule has 0 atom stereocenters. The lowest BCUT2D eigenvalue weighted by atomic mass is 9.96. The highest BCUT2D eigenvalue weighted by molar-refractivity contribution is 9.10. The molecule has 0 heterocycles. The van der Waals surface area contributed by atoms with Gasteiger partial charge in [0.15, 0.2) is 11.5 Å². The number of aliphatic hydroxyl groups excluding tert-OH is 1. The van der Waals surface area contributed by atoms with Gasteiger partial charge >= 0.3 is 0 Å². The van der Waals surface area contributed by atoms with Crippen molar-refractivity contribution in [2.45, 2.75) is 18.3 Å². The maximum Gasteiger partial charge on any atom is 0.172 e. The SMILES string of the molecule is COc1ccc(C2(CO)CC2)c(Br)c1O. The van der Waals surface area contributed by atoms with Gasteiger partial charge in [-0.2, -0.15) is 0 Å². The van der Waals surface area contributed by atoms with E-state index in [1.165, 1.54) is 7.11 Å². The summed E-state index contributed by atoms with van der Waals surface area (Å²) in [4.78, 5) is 0. The predicted molar refractivity (Wildman–Crippen MR) is 60.4 cm³/mol. The molecular weight excluding hydrogens is 260 g/mol. The molecule has 0 amide bonds. The third kappa shape index (κ3) is 1.62. The molecule has 1 aliphatic carbocycles. The molecule has 1 fully saturated rings. The topological polar surface area (TPSA) is 49.7 Å². The van der Waals surface area contributed by atoms with Gasteiger partial charge < -0.3 is 14.9 Å². The lowest BCUT2D eigenvalue weighted by molar-refractivity contribution is 0.254. The van der Waals surface area contributed by atoms with Crippen LogP contribution in [0.2, 0.25) is 0 Å². The van der Waals surface area contributed by atoms with Crippen molar-refractivity contribution in [1.82, 2.24) is 0 Å². The van der Waals surface area contributed by atoms with Crippen LogP contribution in [-0.4, -0.2) is 23.9 Å². The van der Waals surface area contributed by atoms with Crippen molar-refractivity contribution in [2.75, 3.05) is 13.7 Å². The highest BCUT2D eigenvalue weighted by atomic mass is 79.9. The normalized spacial score (nSPS) is 17.5. The Morgan fingerprint density at radius 2 is 2.13 bits per heavy atom. The smallest absolute Gasteiger partial charge is 0.172 e.